The molecule has 28 heavy (non-hydrogen) atoms. The van der Waals surface area contributed by atoms with Crippen molar-refractivity contribution in [2.75, 3.05) is 11.9 Å². The molecular weight excluding hydrogens is 377 g/mol. The number of para-hydroxylation sites is 1. The maximum atomic E-state index is 12.5. The zero-order chi connectivity index (χ0) is 20.5. The molecule has 0 fully saturated rings. The van der Waals surface area contributed by atoms with Gasteiger partial charge in [0, 0.05) is 11.4 Å². The largest absolute Gasteiger partial charge is 0.405 e. The molecule has 3 rings (SSSR count). The van der Waals surface area contributed by atoms with Crippen LogP contribution >= 0.6 is 0 Å². The van der Waals surface area contributed by atoms with Crippen molar-refractivity contribution < 1.29 is 22.8 Å². The van der Waals surface area contributed by atoms with Gasteiger partial charge < -0.3 is 10.6 Å². The summed E-state index contributed by atoms with van der Waals surface area (Å²) in [5, 5.41) is 8.29. The lowest BCUT2D eigenvalue weighted by Gasteiger charge is -2.11. The van der Waals surface area contributed by atoms with E-state index < -0.39 is 24.5 Å². The fourth-order valence-corrected chi connectivity index (χ4v) is 2.51. The highest BCUT2D eigenvalue weighted by Gasteiger charge is 2.28. The fraction of sp³-hybridized carbons (Fsp3) is 0.235. The van der Waals surface area contributed by atoms with Gasteiger partial charge in [0.15, 0.2) is 0 Å². The lowest BCUT2D eigenvalue weighted by Crippen LogP contribution is -2.34. The number of benzene rings is 1. The number of halogens is 3. The highest BCUT2D eigenvalue weighted by atomic mass is 19.4. The summed E-state index contributed by atoms with van der Waals surface area (Å²) >= 11 is 0. The van der Waals surface area contributed by atoms with Crippen molar-refractivity contribution in [2.45, 2.75) is 20.0 Å². The van der Waals surface area contributed by atoms with Crippen LogP contribution in [0.25, 0.3) is 5.78 Å². The van der Waals surface area contributed by atoms with Gasteiger partial charge in [-0.2, -0.15) is 18.2 Å². The third-order valence-electron chi connectivity index (χ3n) is 3.69. The van der Waals surface area contributed by atoms with E-state index in [1.807, 2.05) is 0 Å². The Morgan fingerprint density at radius 3 is 2.54 bits per heavy atom. The maximum absolute atomic E-state index is 12.5. The number of fused-ring (bicyclic) bond motifs is 1. The third kappa shape index (κ3) is 4.24. The van der Waals surface area contributed by atoms with Crippen LogP contribution in [0.1, 0.15) is 32.4 Å². The Hall–Kier alpha value is -3.50. The lowest BCUT2D eigenvalue weighted by molar-refractivity contribution is -0.123. The van der Waals surface area contributed by atoms with Crippen molar-refractivity contribution in [3.8, 4) is 0 Å². The molecule has 0 unspecified atom stereocenters. The summed E-state index contributed by atoms with van der Waals surface area (Å²) in [6, 6.07) is 7.46. The summed E-state index contributed by atoms with van der Waals surface area (Å²) in [5.41, 5.74) is 1.35. The molecule has 146 valence electrons. The van der Waals surface area contributed by atoms with Gasteiger partial charge in [-0.3, -0.25) is 9.59 Å². The molecule has 8 nitrogen and oxygen atoms in total. The quantitative estimate of drug-likeness (QED) is 0.709. The van der Waals surface area contributed by atoms with Gasteiger partial charge in [0.2, 0.25) is 5.82 Å². The van der Waals surface area contributed by atoms with E-state index in [4.69, 9.17) is 0 Å². The Bertz CT molecular complexity index is 1060. The van der Waals surface area contributed by atoms with Gasteiger partial charge in [0.25, 0.3) is 17.6 Å². The molecule has 0 atom stereocenters. The summed E-state index contributed by atoms with van der Waals surface area (Å²) in [6.45, 7) is 2.07. The summed E-state index contributed by atoms with van der Waals surface area (Å²) in [6.07, 6.45) is -4.54. The van der Waals surface area contributed by atoms with Crippen molar-refractivity contribution in [2.24, 2.45) is 0 Å². The van der Waals surface area contributed by atoms with Gasteiger partial charge in [-0.1, -0.05) is 12.1 Å². The molecule has 0 bridgehead atoms. The van der Waals surface area contributed by atoms with Gasteiger partial charge in [0.1, 0.15) is 6.54 Å². The van der Waals surface area contributed by atoms with E-state index in [9.17, 15) is 22.8 Å². The molecule has 0 aliphatic heterocycles. The minimum absolute atomic E-state index is 0.0342. The fourth-order valence-electron chi connectivity index (χ4n) is 2.51. The Balaban J connectivity index is 1.83. The average molecular weight is 392 g/mol. The van der Waals surface area contributed by atoms with Crippen LogP contribution in [0, 0.1) is 13.8 Å². The predicted molar refractivity (Wildman–Crippen MR) is 93.0 cm³/mol. The van der Waals surface area contributed by atoms with Crippen LogP contribution in [0.4, 0.5) is 18.9 Å². The molecule has 0 saturated carbocycles. The SMILES string of the molecule is Cc1cc(C)n2nc(C(=O)Nc3ccccc3C(=O)NCC(F)(F)F)nc2n1. The smallest absolute Gasteiger partial charge is 0.343 e. The first-order valence-corrected chi connectivity index (χ1v) is 8.10. The molecule has 0 aliphatic carbocycles. The van der Waals surface area contributed by atoms with Gasteiger partial charge in [-0.05, 0) is 32.0 Å². The molecule has 3 aromatic rings. The number of alkyl halides is 3. The van der Waals surface area contributed by atoms with E-state index in [0.29, 0.717) is 5.69 Å². The summed E-state index contributed by atoms with van der Waals surface area (Å²) in [4.78, 5) is 32.8. The first-order valence-electron chi connectivity index (χ1n) is 8.10. The monoisotopic (exact) mass is 392 g/mol. The molecule has 0 spiro atoms. The van der Waals surface area contributed by atoms with E-state index in [1.165, 1.54) is 28.8 Å². The molecule has 2 heterocycles. The Labute approximate surface area is 156 Å². The van der Waals surface area contributed by atoms with Gasteiger partial charge in [-0.25, -0.2) is 9.50 Å². The Morgan fingerprint density at radius 2 is 1.82 bits per heavy atom. The van der Waals surface area contributed by atoms with E-state index in [1.54, 1.807) is 25.2 Å². The topological polar surface area (TPSA) is 101 Å². The number of carbonyl (C=O) groups excluding carboxylic acids is 2. The molecule has 2 N–H and O–H groups in total. The number of rotatable bonds is 4. The van der Waals surface area contributed by atoms with Crippen molar-refractivity contribution in [3.05, 3.63) is 53.1 Å². The summed E-state index contributed by atoms with van der Waals surface area (Å²) in [5.74, 6) is -1.64. The van der Waals surface area contributed by atoms with Crippen LogP contribution in [0.3, 0.4) is 0 Å². The molecule has 2 amide bonds. The van der Waals surface area contributed by atoms with Crippen molar-refractivity contribution in [1.29, 1.82) is 0 Å². The van der Waals surface area contributed by atoms with Crippen LogP contribution in [-0.2, 0) is 0 Å². The molecule has 1 aromatic carbocycles. The number of amides is 2. The van der Waals surface area contributed by atoms with Crippen molar-refractivity contribution in [1.82, 2.24) is 24.9 Å². The van der Waals surface area contributed by atoms with Crippen LogP contribution in [0.15, 0.2) is 30.3 Å². The number of carbonyl (C=O) groups is 2. The first kappa shape index (κ1) is 19.3. The molecule has 0 radical (unpaired) electrons. The van der Waals surface area contributed by atoms with E-state index in [2.05, 4.69) is 20.4 Å². The highest BCUT2D eigenvalue weighted by Crippen LogP contribution is 2.18. The maximum Gasteiger partial charge on any atom is 0.405 e. The highest BCUT2D eigenvalue weighted by molar-refractivity contribution is 6.07. The molecule has 0 saturated heterocycles. The number of aromatic nitrogens is 4. The number of nitrogens with zero attached hydrogens (tertiary/aromatic N) is 4. The number of hydrogen-bond acceptors (Lipinski definition) is 5. The molecule has 11 heteroatoms. The van der Waals surface area contributed by atoms with Crippen LogP contribution in [0.2, 0.25) is 0 Å². The molecular formula is C17H15F3N6O2. The zero-order valence-electron chi connectivity index (χ0n) is 14.8. The average Bonchev–Trinajstić information content (AvgIpc) is 3.04. The van der Waals surface area contributed by atoms with Crippen molar-refractivity contribution >= 4 is 23.3 Å². The number of hydrogen-bond donors (Lipinski definition) is 2. The normalized spacial score (nSPS) is 11.5. The van der Waals surface area contributed by atoms with E-state index in [0.717, 1.165) is 5.69 Å². The first-order chi connectivity index (χ1) is 13.1. The second-order valence-electron chi connectivity index (χ2n) is 5.98. The minimum atomic E-state index is -4.54. The minimum Gasteiger partial charge on any atom is -0.343 e. The second-order valence-corrected chi connectivity index (χ2v) is 5.98. The second kappa shape index (κ2) is 7.25. The Morgan fingerprint density at radius 1 is 1.11 bits per heavy atom. The van der Waals surface area contributed by atoms with Crippen LogP contribution in [-0.4, -0.2) is 44.1 Å². The lowest BCUT2D eigenvalue weighted by atomic mass is 10.1. The number of nitrogens with one attached hydrogen (secondary N) is 2. The summed E-state index contributed by atoms with van der Waals surface area (Å²) in [7, 11) is 0. The number of anilines is 1. The third-order valence-corrected chi connectivity index (χ3v) is 3.69. The molecule has 0 aliphatic rings. The van der Waals surface area contributed by atoms with E-state index >= 15 is 0 Å². The van der Waals surface area contributed by atoms with Gasteiger partial charge in [-0.15, -0.1) is 5.10 Å². The van der Waals surface area contributed by atoms with Gasteiger partial charge in [0.05, 0.1) is 11.3 Å². The number of aryl methyl sites for hydroxylation is 2. The van der Waals surface area contributed by atoms with Gasteiger partial charge >= 0.3 is 6.18 Å². The standard InChI is InChI=1S/C17H15F3N6O2/c1-9-7-10(2)26-16(22-9)24-13(25-26)15(28)23-12-6-4-3-5-11(12)14(27)21-8-17(18,19)20/h3-7H,8H2,1-2H3,(H,21,27)(H,23,28). The Kier molecular flexibility index (Phi) is 4.99. The zero-order valence-corrected chi connectivity index (χ0v) is 14.8. The van der Waals surface area contributed by atoms with Crippen LogP contribution in [0.5, 0.6) is 0 Å². The predicted octanol–water partition coefficient (Wildman–Crippen LogP) is 2.29. The van der Waals surface area contributed by atoms with Crippen LogP contribution < -0.4 is 10.6 Å². The van der Waals surface area contributed by atoms with E-state index in [-0.39, 0.29) is 22.9 Å². The summed E-state index contributed by atoms with van der Waals surface area (Å²) < 4.78 is 38.3. The van der Waals surface area contributed by atoms with Crippen molar-refractivity contribution in [3.63, 3.8) is 0 Å². The molecule has 2 aromatic heterocycles.